The number of amides is 1. The van der Waals surface area contributed by atoms with Gasteiger partial charge < -0.3 is 19.5 Å². The van der Waals surface area contributed by atoms with E-state index in [1.54, 1.807) is 12.4 Å². The molecule has 3 heterocycles. The van der Waals surface area contributed by atoms with Crippen LogP contribution in [0.3, 0.4) is 0 Å². The molecule has 7 nitrogen and oxygen atoms in total. The van der Waals surface area contributed by atoms with Crippen LogP contribution in [-0.2, 0) is 18.3 Å². The second-order valence-corrected chi connectivity index (χ2v) is 7.34. The van der Waals surface area contributed by atoms with Gasteiger partial charge in [-0.25, -0.2) is 9.97 Å². The molecule has 0 unspecified atom stereocenters. The van der Waals surface area contributed by atoms with E-state index in [4.69, 9.17) is 16.3 Å². The van der Waals surface area contributed by atoms with Crippen LogP contribution in [0.1, 0.15) is 16.1 Å². The first-order valence-electron chi connectivity index (χ1n) is 9.44. The van der Waals surface area contributed by atoms with Crippen molar-refractivity contribution in [3.05, 3.63) is 65.2 Å². The maximum Gasteiger partial charge on any atom is 0.268 e. The minimum absolute atomic E-state index is 0.139. The average molecular weight is 412 g/mol. The maximum atomic E-state index is 12.6. The molecule has 3 aromatic rings. The van der Waals surface area contributed by atoms with E-state index < -0.39 is 0 Å². The molecule has 1 aliphatic heterocycles. The lowest BCUT2D eigenvalue weighted by Crippen LogP contribution is -2.37. The van der Waals surface area contributed by atoms with Crippen LogP contribution in [-0.4, -0.2) is 46.7 Å². The zero-order valence-electron chi connectivity index (χ0n) is 16.1. The predicted octanol–water partition coefficient (Wildman–Crippen LogP) is 2.90. The Bertz CT molecular complexity index is 979. The van der Waals surface area contributed by atoms with E-state index in [0.29, 0.717) is 36.4 Å². The van der Waals surface area contributed by atoms with Crippen molar-refractivity contribution in [2.75, 3.05) is 31.2 Å². The summed E-state index contributed by atoms with van der Waals surface area (Å²) in [4.78, 5) is 23.7. The van der Waals surface area contributed by atoms with Gasteiger partial charge in [0, 0.05) is 61.4 Å². The molecule has 4 rings (SSSR count). The molecule has 1 fully saturated rings. The van der Waals surface area contributed by atoms with E-state index >= 15 is 0 Å². The molecule has 2 aromatic heterocycles. The molecule has 1 saturated heterocycles. The predicted molar refractivity (Wildman–Crippen MR) is 112 cm³/mol. The van der Waals surface area contributed by atoms with Crippen LogP contribution in [0.15, 0.2) is 48.9 Å². The second kappa shape index (κ2) is 8.63. The fourth-order valence-electron chi connectivity index (χ4n) is 3.22. The van der Waals surface area contributed by atoms with Gasteiger partial charge in [-0.15, -0.1) is 0 Å². The van der Waals surface area contributed by atoms with Crippen molar-refractivity contribution in [1.82, 2.24) is 19.9 Å². The second-order valence-electron chi connectivity index (χ2n) is 6.91. The molecule has 1 amide bonds. The highest BCUT2D eigenvalue weighted by Gasteiger charge is 2.16. The van der Waals surface area contributed by atoms with Crippen LogP contribution in [0.2, 0.25) is 5.02 Å². The van der Waals surface area contributed by atoms with Crippen LogP contribution in [0, 0.1) is 0 Å². The van der Waals surface area contributed by atoms with Crippen molar-refractivity contribution in [1.29, 1.82) is 0 Å². The van der Waals surface area contributed by atoms with Gasteiger partial charge in [-0.05, 0) is 23.8 Å². The highest BCUT2D eigenvalue weighted by molar-refractivity contribution is 6.30. The van der Waals surface area contributed by atoms with Gasteiger partial charge in [0.1, 0.15) is 5.69 Å². The number of anilines is 1. The number of nitrogens with zero attached hydrogens (tertiary/aromatic N) is 4. The Hall–Kier alpha value is -2.90. The van der Waals surface area contributed by atoms with Crippen LogP contribution >= 0.6 is 11.6 Å². The standard InChI is InChI=1S/C21H22ClN5O2/c1-26-14-16(17-12-24-21(25-13-17)27-6-8-29-9-7-27)10-19(26)20(28)23-11-15-2-4-18(22)5-3-15/h2-5,10,12-14H,6-9,11H2,1H3,(H,23,28). The molecule has 0 saturated carbocycles. The Morgan fingerprint density at radius 2 is 1.83 bits per heavy atom. The highest BCUT2D eigenvalue weighted by atomic mass is 35.5. The van der Waals surface area contributed by atoms with E-state index in [0.717, 1.165) is 29.8 Å². The normalized spacial score (nSPS) is 14.1. The zero-order chi connectivity index (χ0) is 20.2. The summed E-state index contributed by atoms with van der Waals surface area (Å²) in [5, 5.41) is 3.61. The number of benzene rings is 1. The van der Waals surface area contributed by atoms with E-state index in [1.807, 2.05) is 48.1 Å². The van der Waals surface area contributed by atoms with Crippen molar-refractivity contribution in [2.24, 2.45) is 7.05 Å². The van der Waals surface area contributed by atoms with Crippen LogP contribution in [0.4, 0.5) is 5.95 Å². The quantitative estimate of drug-likeness (QED) is 0.699. The zero-order valence-corrected chi connectivity index (χ0v) is 16.9. The number of nitrogens with one attached hydrogen (secondary N) is 1. The number of carbonyl (C=O) groups excluding carboxylic acids is 1. The van der Waals surface area contributed by atoms with E-state index in [-0.39, 0.29) is 5.91 Å². The molecule has 0 radical (unpaired) electrons. The SMILES string of the molecule is Cn1cc(-c2cnc(N3CCOCC3)nc2)cc1C(=O)NCc1ccc(Cl)cc1. The Morgan fingerprint density at radius 1 is 1.14 bits per heavy atom. The van der Waals surface area contributed by atoms with E-state index in [2.05, 4.69) is 20.2 Å². The molecule has 8 heteroatoms. The number of halogens is 1. The summed E-state index contributed by atoms with van der Waals surface area (Å²) in [6.07, 6.45) is 5.50. The first-order chi connectivity index (χ1) is 14.1. The third-order valence-electron chi connectivity index (χ3n) is 4.87. The molecule has 1 N–H and O–H groups in total. The van der Waals surface area contributed by atoms with Crippen LogP contribution < -0.4 is 10.2 Å². The molecule has 0 spiro atoms. The molecule has 0 atom stereocenters. The van der Waals surface area contributed by atoms with E-state index in [9.17, 15) is 4.79 Å². The molecule has 29 heavy (non-hydrogen) atoms. The summed E-state index contributed by atoms with van der Waals surface area (Å²) in [5.41, 5.74) is 3.34. The van der Waals surface area contributed by atoms with Crippen LogP contribution in [0.5, 0.6) is 0 Å². The van der Waals surface area contributed by atoms with Crippen molar-refractivity contribution < 1.29 is 9.53 Å². The van der Waals surface area contributed by atoms with Gasteiger partial charge in [0.15, 0.2) is 0 Å². The minimum Gasteiger partial charge on any atom is -0.378 e. The number of hydrogen-bond acceptors (Lipinski definition) is 5. The van der Waals surface area contributed by atoms with Crippen LogP contribution in [0.25, 0.3) is 11.1 Å². The number of ether oxygens (including phenoxy) is 1. The third-order valence-corrected chi connectivity index (χ3v) is 5.12. The van der Waals surface area contributed by atoms with Crippen molar-refractivity contribution in [3.8, 4) is 11.1 Å². The number of hydrogen-bond donors (Lipinski definition) is 1. The molecule has 1 aromatic carbocycles. The maximum absolute atomic E-state index is 12.6. The molecular weight excluding hydrogens is 390 g/mol. The van der Waals surface area contributed by atoms with Crippen molar-refractivity contribution in [2.45, 2.75) is 6.54 Å². The minimum atomic E-state index is -0.139. The number of carbonyl (C=O) groups is 1. The first-order valence-corrected chi connectivity index (χ1v) is 9.82. The average Bonchev–Trinajstić information content (AvgIpc) is 3.15. The summed E-state index contributed by atoms with van der Waals surface area (Å²) < 4.78 is 7.17. The van der Waals surface area contributed by atoms with Gasteiger partial charge >= 0.3 is 0 Å². The number of aryl methyl sites for hydroxylation is 1. The summed E-state index contributed by atoms with van der Waals surface area (Å²) in [5.74, 6) is 0.563. The molecule has 1 aliphatic rings. The van der Waals surface area contributed by atoms with Gasteiger partial charge in [0.2, 0.25) is 5.95 Å². The lowest BCUT2D eigenvalue weighted by Gasteiger charge is -2.26. The highest BCUT2D eigenvalue weighted by Crippen LogP contribution is 2.22. The fraction of sp³-hybridized carbons (Fsp3) is 0.286. The largest absolute Gasteiger partial charge is 0.378 e. The van der Waals surface area contributed by atoms with Gasteiger partial charge in [0.05, 0.1) is 13.2 Å². The summed E-state index contributed by atoms with van der Waals surface area (Å²) in [6, 6.07) is 9.26. The lowest BCUT2D eigenvalue weighted by molar-refractivity contribution is 0.0943. The van der Waals surface area contributed by atoms with Gasteiger partial charge in [-0.3, -0.25) is 4.79 Å². The Kier molecular flexibility index (Phi) is 5.78. The van der Waals surface area contributed by atoms with Crippen molar-refractivity contribution in [3.63, 3.8) is 0 Å². The number of aromatic nitrogens is 3. The lowest BCUT2D eigenvalue weighted by atomic mass is 10.2. The fourth-order valence-corrected chi connectivity index (χ4v) is 3.35. The smallest absolute Gasteiger partial charge is 0.268 e. The van der Waals surface area contributed by atoms with Crippen molar-refractivity contribution >= 4 is 23.5 Å². The molecule has 0 aliphatic carbocycles. The Balaban J connectivity index is 1.44. The van der Waals surface area contributed by atoms with Gasteiger partial charge in [0.25, 0.3) is 5.91 Å². The Morgan fingerprint density at radius 3 is 2.52 bits per heavy atom. The topological polar surface area (TPSA) is 72.3 Å². The summed E-state index contributed by atoms with van der Waals surface area (Å²) in [7, 11) is 1.85. The monoisotopic (exact) mass is 411 g/mol. The molecule has 150 valence electrons. The number of rotatable bonds is 5. The van der Waals surface area contributed by atoms with Gasteiger partial charge in [-0.2, -0.15) is 0 Å². The Labute approximate surface area is 174 Å². The molecule has 0 bridgehead atoms. The summed E-state index contributed by atoms with van der Waals surface area (Å²) >= 11 is 5.90. The van der Waals surface area contributed by atoms with Gasteiger partial charge in [-0.1, -0.05) is 23.7 Å². The molecular formula is C21H22ClN5O2. The van der Waals surface area contributed by atoms with E-state index in [1.165, 1.54) is 0 Å². The first kappa shape index (κ1) is 19.4. The summed E-state index contributed by atoms with van der Waals surface area (Å²) in [6.45, 7) is 3.41. The third kappa shape index (κ3) is 4.58. The number of morpholine rings is 1.